The van der Waals surface area contributed by atoms with E-state index in [0.29, 0.717) is 32.5 Å². The number of carbonyl (C=O) groups is 2. The smallest absolute Gasteiger partial charge is 0.227 e. The summed E-state index contributed by atoms with van der Waals surface area (Å²) in [6, 6.07) is 10.3. The summed E-state index contributed by atoms with van der Waals surface area (Å²) >= 11 is 0. The SMILES string of the molecule is Cc1ccc(-c2ccc(N3CCC[C@@H](C(=O)N4CCC(C(N)=O)CC4)C3)nn2)cc1C. The van der Waals surface area contributed by atoms with Crippen LogP contribution in [0.1, 0.15) is 36.8 Å². The summed E-state index contributed by atoms with van der Waals surface area (Å²) < 4.78 is 0. The molecule has 1 aromatic carbocycles. The highest BCUT2D eigenvalue weighted by Crippen LogP contribution is 2.27. The summed E-state index contributed by atoms with van der Waals surface area (Å²) in [6.45, 7) is 6.97. The third-order valence-electron chi connectivity index (χ3n) is 6.76. The molecule has 0 saturated carbocycles. The molecule has 2 N–H and O–H groups in total. The molecule has 31 heavy (non-hydrogen) atoms. The molecule has 2 aliphatic heterocycles. The zero-order chi connectivity index (χ0) is 22.0. The third-order valence-corrected chi connectivity index (χ3v) is 6.76. The fourth-order valence-corrected chi connectivity index (χ4v) is 4.58. The maximum Gasteiger partial charge on any atom is 0.227 e. The summed E-state index contributed by atoms with van der Waals surface area (Å²) in [6.07, 6.45) is 3.18. The number of hydrogen-bond acceptors (Lipinski definition) is 5. The van der Waals surface area contributed by atoms with Crippen LogP contribution in [0, 0.1) is 25.7 Å². The monoisotopic (exact) mass is 421 g/mol. The first-order valence-electron chi connectivity index (χ1n) is 11.2. The molecule has 2 saturated heterocycles. The van der Waals surface area contributed by atoms with Crippen molar-refractivity contribution in [2.75, 3.05) is 31.1 Å². The highest BCUT2D eigenvalue weighted by molar-refractivity contribution is 5.81. The second-order valence-corrected chi connectivity index (χ2v) is 8.86. The second-order valence-electron chi connectivity index (χ2n) is 8.86. The van der Waals surface area contributed by atoms with Crippen molar-refractivity contribution in [3.63, 3.8) is 0 Å². The molecule has 0 spiro atoms. The molecule has 1 aromatic heterocycles. The maximum atomic E-state index is 13.1. The van der Waals surface area contributed by atoms with Crippen molar-refractivity contribution in [1.29, 1.82) is 0 Å². The number of piperidine rings is 2. The third kappa shape index (κ3) is 4.70. The number of likely N-dealkylation sites (tertiary alicyclic amines) is 1. The number of primary amides is 1. The fraction of sp³-hybridized carbons (Fsp3) is 0.500. The molecule has 2 amide bonds. The lowest BCUT2D eigenvalue weighted by Gasteiger charge is -2.37. The van der Waals surface area contributed by atoms with Gasteiger partial charge in [0.2, 0.25) is 11.8 Å². The zero-order valence-corrected chi connectivity index (χ0v) is 18.4. The van der Waals surface area contributed by atoms with Crippen molar-refractivity contribution in [2.24, 2.45) is 17.6 Å². The standard InChI is InChI=1S/C24H31N5O2/c1-16-5-6-19(14-17(16)2)21-7-8-22(27-26-21)29-11-3-4-20(15-29)24(31)28-12-9-18(10-13-28)23(25)30/h5-8,14,18,20H,3-4,9-13,15H2,1-2H3,(H2,25,30)/t20-/m1/s1. The topological polar surface area (TPSA) is 92.4 Å². The molecule has 7 heteroatoms. The molecule has 0 radical (unpaired) electrons. The van der Waals surface area contributed by atoms with Gasteiger partial charge in [0.1, 0.15) is 0 Å². The highest BCUT2D eigenvalue weighted by atomic mass is 16.2. The number of rotatable bonds is 4. The number of hydrogen-bond donors (Lipinski definition) is 1. The molecule has 0 bridgehead atoms. The van der Waals surface area contributed by atoms with Crippen LogP contribution in [0.15, 0.2) is 30.3 Å². The largest absolute Gasteiger partial charge is 0.369 e. The number of amides is 2. The summed E-state index contributed by atoms with van der Waals surface area (Å²) in [5.74, 6) is 0.613. The molecule has 2 aliphatic rings. The molecular formula is C24H31N5O2. The van der Waals surface area contributed by atoms with Crippen LogP contribution >= 0.6 is 0 Å². The van der Waals surface area contributed by atoms with E-state index in [-0.39, 0.29) is 23.7 Å². The minimum atomic E-state index is -0.251. The first kappa shape index (κ1) is 21.3. The maximum absolute atomic E-state index is 13.1. The van der Waals surface area contributed by atoms with Gasteiger partial charge in [-0.2, -0.15) is 0 Å². The number of nitrogens with two attached hydrogens (primary N) is 1. The van der Waals surface area contributed by atoms with Gasteiger partial charge in [0.25, 0.3) is 0 Å². The van der Waals surface area contributed by atoms with Crippen LogP contribution in [0.25, 0.3) is 11.3 Å². The van der Waals surface area contributed by atoms with Crippen LogP contribution in [-0.4, -0.2) is 53.1 Å². The van der Waals surface area contributed by atoms with Crippen molar-refractivity contribution in [3.8, 4) is 11.3 Å². The van der Waals surface area contributed by atoms with Crippen molar-refractivity contribution in [1.82, 2.24) is 15.1 Å². The second kappa shape index (κ2) is 9.04. The Labute approximate surface area is 183 Å². The van der Waals surface area contributed by atoms with Crippen molar-refractivity contribution < 1.29 is 9.59 Å². The van der Waals surface area contributed by atoms with E-state index in [2.05, 4.69) is 47.1 Å². The highest BCUT2D eigenvalue weighted by Gasteiger charge is 2.33. The lowest BCUT2D eigenvalue weighted by molar-refractivity contribution is -0.138. The van der Waals surface area contributed by atoms with Gasteiger partial charge in [0.15, 0.2) is 5.82 Å². The van der Waals surface area contributed by atoms with Crippen LogP contribution in [-0.2, 0) is 9.59 Å². The van der Waals surface area contributed by atoms with Gasteiger partial charge in [0, 0.05) is 37.7 Å². The summed E-state index contributed by atoms with van der Waals surface area (Å²) in [7, 11) is 0. The van der Waals surface area contributed by atoms with E-state index in [1.807, 2.05) is 17.0 Å². The summed E-state index contributed by atoms with van der Waals surface area (Å²) in [4.78, 5) is 28.5. The molecule has 3 heterocycles. The van der Waals surface area contributed by atoms with Gasteiger partial charge in [0.05, 0.1) is 11.6 Å². The van der Waals surface area contributed by atoms with E-state index < -0.39 is 0 Å². The lowest BCUT2D eigenvalue weighted by Crippen LogP contribution is -2.48. The van der Waals surface area contributed by atoms with Crippen molar-refractivity contribution in [3.05, 3.63) is 41.5 Å². The Kier molecular flexibility index (Phi) is 6.20. The first-order chi connectivity index (χ1) is 14.9. The van der Waals surface area contributed by atoms with E-state index in [9.17, 15) is 9.59 Å². The van der Waals surface area contributed by atoms with Crippen LogP contribution in [0.5, 0.6) is 0 Å². The first-order valence-corrected chi connectivity index (χ1v) is 11.2. The number of benzene rings is 1. The van der Waals surface area contributed by atoms with Gasteiger partial charge in [-0.3, -0.25) is 9.59 Å². The Hall–Kier alpha value is -2.96. The average molecular weight is 422 g/mol. The number of aromatic nitrogens is 2. The van der Waals surface area contributed by atoms with Crippen LogP contribution in [0.4, 0.5) is 5.82 Å². The Morgan fingerprint density at radius 3 is 2.35 bits per heavy atom. The molecule has 7 nitrogen and oxygen atoms in total. The number of carbonyl (C=O) groups excluding carboxylic acids is 2. The number of anilines is 1. The van der Waals surface area contributed by atoms with E-state index in [4.69, 9.17) is 5.73 Å². The molecule has 0 aliphatic carbocycles. The molecule has 1 atom stereocenters. The van der Waals surface area contributed by atoms with E-state index in [0.717, 1.165) is 36.5 Å². The normalized spacial score (nSPS) is 20.0. The minimum Gasteiger partial charge on any atom is -0.369 e. The predicted molar refractivity (Wildman–Crippen MR) is 120 cm³/mol. The van der Waals surface area contributed by atoms with E-state index in [1.54, 1.807) is 0 Å². The van der Waals surface area contributed by atoms with Gasteiger partial charge < -0.3 is 15.5 Å². The summed E-state index contributed by atoms with van der Waals surface area (Å²) in [5.41, 5.74) is 9.83. The predicted octanol–water partition coefficient (Wildman–Crippen LogP) is 2.70. The van der Waals surface area contributed by atoms with Gasteiger partial charge in [-0.1, -0.05) is 12.1 Å². The average Bonchev–Trinajstić information content (AvgIpc) is 2.80. The Morgan fingerprint density at radius 2 is 1.71 bits per heavy atom. The van der Waals surface area contributed by atoms with Crippen molar-refractivity contribution >= 4 is 17.6 Å². The number of aryl methyl sites for hydroxylation is 2. The summed E-state index contributed by atoms with van der Waals surface area (Å²) in [5, 5.41) is 8.91. The van der Waals surface area contributed by atoms with Crippen LogP contribution < -0.4 is 10.6 Å². The Morgan fingerprint density at radius 1 is 0.935 bits per heavy atom. The zero-order valence-electron chi connectivity index (χ0n) is 18.4. The molecule has 2 aromatic rings. The lowest BCUT2D eigenvalue weighted by atomic mass is 9.92. The number of nitrogens with zero attached hydrogens (tertiary/aromatic N) is 4. The van der Waals surface area contributed by atoms with E-state index >= 15 is 0 Å². The van der Waals surface area contributed by atoms with Gasteiger partial charge in [-0.05, 0) is 68.9 Å². The molecular weight excluding hydrogens is 390 g/mol. The van der Waals surface area contributed by atoms with Crippen LogP contribution in [0.3, 0.4) is 0 Å². The van der Waals surface area contributed by atoms with Gasteiger partial charge in [-0.15, -0.1) is 10.2 Å². The molecule has 4 rings (SSSR count). The fourth-order valence-electron chi connectivity index (χ4n) is 4.58. The van der Waals surface area contributed by atoms with Crippen molar-refractivity contribution in [2.45, 2.75) is 39.5 Å². The molecule has 0 unspecified atom stereocenters. The Balaban J connectivity index is 1.39. The van der Waals surface area contributed by atoms with Gasteiger partial charge >= 0.3 is 0 Å². The Bertz CT molecular complexity index is 951. The molecule has 164 valence electrons. The molecule has 2 fully saturated rings. The minimum absolute atomic E-state index is 0.0416. The van der Waals surface area contributed by atoms with E-state index in [1.165, 1.54) is 11.1 Å². The van der Waals surface area contributed by atoms with Crippen LogP contribution in [0.2, 0.25) is 0 Å². The quantitative estimate of drug-likeness (QED) is 0.819. The van der Waals surface area contributed by atoms with Gasteiger partial charge in [-0.25, -0.2) is 0 Å².